The highest BCUT2D eigenvalue weighted by atomic mass is 32.2. The highest BCUT2D eigenvalue weighted by Gasteiger charge is 2.21. The lowest BCUT2D eigenvalue weighted by Crippen LogP contribution is -2.35. The number of fused-ring (bicyclic) bond motifs is 1. The number of rotatable bonds is 10. The van der Waals surface area contributed by atoms with E-state index in [1.165, 1.54) is 9.87 Å². The number of aryl methyl sites for hydroxylation is 1. The van der Waals surface area contributed by atoms with E-state index in [0.717, 1.165) is 19.1 Å². The van der Waals surface area contributed by atoms with Gasteiger partial charge in [0.15, 0.2) is 11.5 Å². The highest BCUT2D eigenvalue weighted by molar-refractivity contribution is 7.92. The number of carbonyl (C=O) groups excluding carboxylic acids is 1. The van der Waals surface area contributed by atoms with E-state index in [1.807, 2.05) is 25.1 Å². The lowest BCUT2D eigenvalue weighted by molar-refractivity contribution is -0.121. The van der Waals surface area contributed by atoms with Crippen LogP contribution in [0.5, 0.6) is 11.5 Å². The summed E-state index contributed by atoms with van der Waals surface area (Å²) in [6.07, 6.45) is 3.58. The molecule has 0 aromatic heterocycles. The van der Waals surface area contributed by atoms with Gasteiger partial charge in [-0.2, -0.15) is 0 Å². The Morgan fingerprint density at radius 3 is 2.52 bits per heavy atom. The van der Waals surface area contributed by atoms with Crippen LogP contribution >= 0.6 is 0 Å². The van der Waals surface area contributed by atoms with Gasteiger partial charge in [0.05, 0.1) is 11.9 Å². The van der Waals surface area contributed by atoms with Crippen LogP contribution in [0.15, 0.2) is 48.5 Å². The van der Waals surface area contributed by atoms with Gasteiger partial charge in [-0.25, -0.2) is 8.42 Å². The molecule has 0 saturated heterocycles. The minimum Gasteiger partial charge on any atom is -0.486 e. The second-order valence-corrected chi connectivity index (χ2v) is 9.67. The number of nitrogens with one attached hydrogen (secondary N) is 1. The zero-order chi connectivity index (χ0) is 22.3. The normalized spacial score (nSPS) is 14.0. The third kappa shape index (κ3) is 6.89. The van der Waals surface area contributed by atoms with Gasteiger partial charge >= 0.3 is 0 Å². The first-order valence-electron chi connectivity index (χ1n) is 10.5. The molecular formula is C23H30N2O5S. The van der Waals surface area contributed by atoms with E-state index in [-0.39, 0.29) is 24.9 Å². The van der Waals surface area contributed by atoms with Crippen molar-refractivity contribution >= 4 is 21.6 Å². The van der Waals surface area contributed by atoms with Crippen LogP contribution in [-0.2, 0) is 21.2 Å². The Morgan fingerprint density at radius 2 is 1.81 bits per heavy atom. The fourth-order valence-electron chi connectivity index (χ4n) is 3.50. The molecule has 0 aliphatic carbocycles. The van der Waals surface area contributed by atoms with Crippen molar-refractivity contribution in [1.82, 2.24) is 5.32 Å². The molecule has 1 heterocycles. The Morgan fingerprint density at radius 1 is 1.10 bits per heavy atom. The number of benzene rings is 2. The van der Waals surface area contributed by atoms with Crippen LogP contribution < -0.4 is 19.1 Å². The monoisotopic (exact) mass is 446 g/mol. The SMILES string of the molecule is C[C@@H](CCc1ccccc1)NC(=O)CCCN(c1ccc2c(c1)OCCO2)S(C)(=O)=O. The molecule has 1 N–H and O–H groups in total. The third-order valence-corrected chi connectivity index (χ3v) is 6.29. The number of anilines is 1. The van der Waals surface area contributed by atoms with Crippen LogP contribution in [0.4, 0.5) is 5.69 Å². The predicted octanol–water partition coefficient (Wildman–Crippen LogP) is 3.14. The zero-order valence-electron chi connectivity index (χ0n) is 18.0. The van der Waals surface area contributed by atoms with Crippen LogP contribution in [0.3, 0.4) is 0 Å². The zero-order valence-corrected chi connectivity index (χ0v) is 18.9. The Kier molecular flexibility index (Phi) is 7.79. The van der Waals surface area contributed by atoms with Crippen LogP contribution in [0, 0.1) is 0 Å². The summed E-state index contributed by atoms with van der Waals surface area (Å²) >= 11 is 0. The molecule has 1 atom stereocenters. The number of hydrogen-bond acceptors (Lipinski definition) is 5. The summed E-state index contributed by atoms with van der Waals surface area (Å²) in [5.41, 5.74) is 1.75. The van der Waals surface area contributed by atoms with E-state index in [9.17, 15) is 13.2 Å². The standard InChI is InChI=1S/C23H30N2O5S/c1-18(10-11-19-7-4-3-5-8-19)24-23(26)9-6-14-25(31(2,27)28)20-12-13-21-22(17-20)30-16-15-29-21/h3-5,7-8,12-13,17-18H,6,9-11,14-16H2,1-2H3,(H,24,26)/t18-/m0/s1. The maximum atomic E-state index is 12.3. The molecule has 168 valence electrons. The van der Waals surface area contributed by atoms with Crippen molar-refractivity contribution in [1.29, 1.82) is 0 Å². The van der Waals surface area contributed by atoms with Crippen LogP contribution in [-0.4, -0.2) is 46.4 Å². The molecule has 1 aliphatic heterocycles. The molecule has 31 heavy (non-hydrogen) atoms. The van der Waals surface area contributed by atoms with Crippen molar-refractivity contribution in [2.75, 3.05) is 30.3 Å². The first-order chi connectivity index (χ1) is 14.8. The van der Waals surface area contributed by atoms with E-state index in [1.54, 1.807) is 18.2 Å². The van der Waals surface area contributed by atoms with Gasteiger partial charge in [-0.1, -0.05) is 30.3 Å². The minimum absolute atomic E-state index is 0.0523. The lowest BCUT2D eigenvalue weighted by Gasteiger charge is -2.25. The largest absolute Gasteiger partial charge is 0.486 e. The Hall–Kier alpha value is -2.74. The van der Waals surface area contributed by atoms with Crippen molar-refractivity contribution < 1.29 is 22.7 Å². The van der Waals surface area contributed by atoms with Gasteiger partial charge in [0, 0.05) is 25.1 Å². The second kappa shape index (κ2) is 10.5. The first kappa shape index (κ1) is 22.9. The summed E-state index contributed by atoms with van der Waals surface area (Å²) in [6.45, 7) is 3.10. The molecule has 3 rings (SSSR count). The predicted molar refractivity (Wildman–Crippen MR) is 121 cm³/mol. The van der Waals surface area contributed by atoms with Crippen molar-refractivity contribution in [3.8, 4) is 11.5 Å². The minimum atomic E-state index is -3.50. The summed E-state index contributed by atoms with van der Waals surface area (Å²) in [7, 11) is -3.50. The molecule has 2 aromatic carbocycles. The highest BCUT2D eigenvalue weighted by Crippen LogP contribution is 2.34. The molecule has 0 bridgehead atoms. The molecule has 1 amide bonds. The van der Waals surface area contributed by atoms with Crippen molar-refractivity contribution in [3.63, 3.8) is 0 Å². The van der Waals surface area contributed by atoms with Gasteiger partial charge in [-0.05, 0) is 43.9 Å². The second-order valence-electron chi connectivity index (χ2n) is 7.76. The van der Waals surface area contributed by atoms with Crippen LogP contribution in [0.25, 0.3) is 0 Å². The van der Waals surface area contributed by atoms with E-state index < -0.39 is 10.0 Å². The van der Waals surface area contributed by atoms with E-state index >= 15 is 0 Å². The van der Waals surface area contributed by atoms with Gasteiger partial charge < -0.3 is 14.8 Å². The summed E-state index contributed by atoms with van der Waals surface area (Å²) in [4.78, 5) is 12.3. The number of ether oxygens (including phenoxy) is 2. The fourth-order valence-corrected chi connectivity index (χ4v) is 4.46. The molecule has 0 spiro atoms. The molecule has 1 aliphatic rings. The maximum Gasteiger partial charge on any atom is 0.232 e. The Balaban J connectivity index is 1.50. The molecule has 0 unspecified atom stereocenters. The van der Waals surface area contributed by atoms with Gasteiger partial charge in [0.2, 0.25) is 15.9 Å². The molecule has 2 aromatic rings. The maximum absolute atomic E-state index is 12.3. The summed E-state index contributed by atoms with van der Waals surface area (Å²) in [5.74, 6) is 1.06. The smallest absolute Gasteiger partial charge is 0.232 e. The van der Waals surface area contributed by atoms with E-state index in [0.29, 0.717) is 36.8 Å². The Labute approximate surface area is 184 Å². The van der Waals surface area contributed by atoms with E-state index in [4.69, 9.17) is 9.47 Å². The van der Waals surface area contributed by atoms with Gasteiger partial charge in [0.25, 0.3) is 0 Å². The summed E-state index contributed by atoms with van der Waals surface area (Å²) < 4.78 is 37.0. The van der Waals surface area contributed by atoms with Gasteiger partial charge in [-0.15, -0.1) is 0 Å². The molecule has 0 fully saturated rings. The summed E-state index contributed by atoms with van der Waals surface area (Å²) in [5, 5.41) is 3.00. The molecular weight excluding hydrogens is 416 g/mol. The van der Waals surface area contributed by atoms with E-state index in [2.05, 4.69) is 17.4 Å². The van der Waals surface area contributed by atoms with Crippen LogP contribution in [0.1, 0.15) is 31.7 Å². The van der Waals surface area contributed by atoms with Crippen molar-refractivity contribution in [3.05, 3.63) is 54.1 Å². The van der Waals surface area contributed by atoms with Crippen molar-refractivity contribution in [2.45, 2.75) is 38.6 Å². The average Bonchev–Trinajstić information content (AvgIpc) is 2.75. The first-order valence-corrected chi connectivity index (χ1v) is 12.4. The lowest BCUT2D eigenvalue weighted by atomic mass is 10.1. The molecule has 8 heteroatoms. The van der Waals surface area contributed by atoms with Gasteiger partial charge in [0.1, 0.15) is 13.2 Å². The quantitative estimate of drug-likeness (QED) is 0.606. The number of sulfonamides is 1. The number of carbonyl (C=O) groups is 1. The molecule has 7 nitrogen and oxygen atoms in total. The number of hydrogen-bond donors (Lipinski definition) is 1. The van der Waals surface area contributed by atoms with Crippen molar-refractivity contribution in [2.24, 2.45) is 0 Å². The Bertz CT molecular complexity index is 979. The number of amides is 1. The number of nitrogens with zero attached hydrogens (tertiary/aromatic N) is 1. The molecule has 0 saturated carbocycles. The summed E-state index contributed by atoms with van der Waals surface area (Å²) in [6, 6.07) is 15.3. The third-order valence-electron chi connectivity index (χ3n) is 5.10. The average molecular weight is 447 g/mol. The van der Waals surface area contributed by atoms with Crippen LogP contribution in [0.2, 0.25) is 0 Å². The van der Waals surface area contributed by atoms with Gasteiger partial charge in [-0.3, -0.25) is 9.10 Å². The fraction of sp³-hybridized carbons (Fsp3) is 0.435. The topological polar surface area (TPSA) is 84.9 Å². The molecule has 0 radical (unpaired) electrons.